The summed E-state index contributed by atoms with van der Waals surface area (Å²) in [7, 11) is 0. The molecule has 2 heterocycles. The van der Waals surface area contributed by atoms with Crippen molar-refractivity contribution in [3.05, 3.63) is 46.6 Å². The lowest BCUT2D eigenvalue weighted by atomic mass is 10.1. The van der Waals surface area contributed by atoms with Gasteiger partial charge in [-0.3, -0.25) is 0 Å². The first-order chi connectivity index (χ1) is 9.22. The molecular weight excluding hydrogens is 266 g/mol. The Morgan fingerprint density at radius 3 is 3.00 bits per heavy atom. The van der Waals surface area contributed by atoms with Crippen LogP contribution in [0.2, 0.25) is 5.02 Å². The van der Waals surface area contributed by atoms with Gasteiger partial charge < -0.3 is 14.9 Å². The van der Waals surface area contributed by atoms with Gasteiger partial charge in [0.25, 0.3) is 0 Å². The Morgan fingerprint density at radius 1 is 1.42 bits per heavy atom. The number of aromatic nitrogens is 2. The molecular formula is C13H14ClN3O2. The van der Waals surface area contributed by atoms with Crippen molar-refractivity contribution in [2.24, 2.45) is 0 Å². The predicted octanol–water partition coefficient (Wildman–Crippen LogP) is 1.71. The zero-order chi connectivity index (χ0) is 13.2. The summed E-state index contributed by atoms with van der Waals surface area (Å²) in [4.78, 5) is 4.35. The number of aliphatic hydroxyl groups excluding tert-OH is 1. The van der Waals surface area contributed by atoms with Crippen molar-refractivity contribution in [1.82, 2.24) is 15.5 Å². The summed E-state index contributed by atoms with van der Waals surface area (Å²) in [5, 5.41) is 17.3. The molecule has 0 saturated carbocycles. The zero-order valence-corrected chi connectivity index (χ0v) is 11.0. The Hall–Kier alpha value is -1.43. The third kappa shape index (κ3) is 2.78. The Morgan fingerprint density at radius 2 is 2.26 bits per heavy atom. The number of benzene rings is 1. The van der Waals surface area contributed by atoms with Crippen LogP contribution in [0.15, 0.2) is 28.8 Å². The van der Waals surface area contributed by atoms with Crippen molar-refractivity contribution in [2.45, 2.75) is 25.0 Å². The second-order valence-corrected chi connectivity index (χ2v) is 5.07. The fourth-order valence-electron chi connectivity index (χ4n) is 2.20. The van der Waals surface area contributed by atoms with E-state index in [1.807, 2.05) is 24.3 Å². The molecule has 0 radical (unpaired) electrons. The fourth-order valence-corrected chi connectivity index (χ4v) is 2.40. The van der Waals surface area contributed by atoms with E-state index < -0.39 is 0 Å². The quantitative estimate of drug-likeness (QED) is 0.895. The molecule has 100 valence electrons. The Labute approximate surface area is 115 Å². The molecule has 1 aliphatic rings. The smallest absolute Gasteiger partial charge is 0.243 e. The van der Waals surface area contributed by atoms with Gasteiger partial charge >= 0.3 is 0 Å². The van der Waals surface area contributed by atoms with Crippen LogP contribution in [0.4, 0.5) is 0 Å². The van der Waals surface area contributed by atoms with Gasteiger partial charge in [0.1, 0.15) is 0 Å². The number of aliphatic hydroxyl groups is 1. The second kappa shape index (κ2) is 5.28. The third-order valence-corrected chi connectivity index (χ3v) is 3.56. The van der Waals surface area contributed by atoms with Gasteiger partial charge in [-0.15, -0.1) is 0 Å². The lowest BCUT2D eigenvalue weighted by Crippen LogP contribution is -2.15. The van der Waals surface area contributed by atoms with E-state index in [-0.39, 0.29) is 12.1 Å². The van der Waals surface area contributed by atoms with Gasteiger partial charge in [0.2, 0.25) is 5.89 Å². The van der Waals surface area contributed by atoms with E-state index in [1.165, 1.54) is 0 Å². The minimum Gasteiger partial charge on any atom is -0.392 e. The van der Waals surface area contributed by atoms with E-state index in [4.69, 9.17) is 16.1 Å². The summed E-state index contributed by atoms with van der Waals surface area (Å²) >= 11 is 6.10. The van der Waals surface area contributed by atoms with Gasteiger partial charge in [0.05, 0.1) is 12.1 Å². The van der Waals surface area contributed by atoms with E-state index >= 15 is 0 Å². The molecule has 1 aromatic heterocycles. The van der Waals surface area contributed by atoms with Crippen LogP contribution in [0.5, 0.6) is 0 Å². The number of β-amino-alcohol motifs (C(OH)–C–C–N with tert-alkyl or cyclic N) is 1. The fraction of sp³-hybridized carbons (Fsp3) is 0.385. The first-order valence-corrected chi connectivity index (χ1v) is 6.57. The van der Waals surface area contributed by atoms with Crippen LogP contribution < -0.4 is 5.32 Å². The molecule has 19 heavy (non-hydrogen) atoms. The minimum absolute atomic E-state index is 0.0532. The number of hydrogen-bond acceptors (Lipinski definition) is 5. The van der Waals surface area contributed by atoms with Crippen molar-refractivity contribution >= 4 is 11.6 Å². The first kappa shape index (κ1) is 12.6. The molecule has 5 nitrogen and oxygen atoms in total. The number of rotatable bonds is 3. The molecule has 1 aromatic carbocycles. The maximum atomic E-state index is 9.47. The number of hydrogen-bond donors (Lipinski definition) is 2. The van der Waals surface area contributed by atoms with Crippen LogP contribution in [-0.2, 0) is 6.42 Å². The molecule has 0 unspecified atom stereocenters. The summed E-state index contributed by atoms with van der Waals surface area (Å²) in [5.41, 5.74) is 0.968. The molecule has 2 aromatic rings. The molecule has 0 amide bonds. The predicted molar refractivity (Wildman–Crippen MR) is 69.9 cm³/mol. The molecule has 6 heteroatoms. The normalized spacial score (nSPS) is 22.8. The highest BCUT2D eigenvalue weighted by atomic mass is 35.5. The maximum Gasteiger partial charge on any atom is 0.243 e. The number of halogens is 1. The molecule has 1 aliphatic heterocycles. The molecule has 3 rings (SSSR count). The summed E-state index contributed by atoms with van der Waals surface area (Å²) in [5.74, 6) is 1.13. The molecule has 0 aliphatic carbocycles. The summed E-state index contributed by atoms with van der Waals surface area (Å²) in [6.07, 6.45) is 0.801. The molecule has 1 saturated heterocycles. The summed E-state index contributed by atoms with van der Waals surface area (Å²) in [6, 6.07) is 7.54. The van der Waals surface area contributed by atoms with Gasteiger partial charge in [-0.05, 0) is 18.1 Å². The van der Waals surface area contributed by atoms with Crippen LogP contribution in [0.3, 0.4) is 0 Å². The van der Waals surface area contributed by atoms with Gasteiger partial charge in [0.15, 0.2) is 5.82 Å². The SMILES string of the molecule is O[C@H]1CN[C@@H](c2nc(Cc3ccccc3Cl)no2)C1. The van der Waals surface area contributed by atoms with Crippen molar-refractivity contribution in [3.8, 4) is 0 Å². The lowest BCUT2D eigenvalue weighted by Gasteiger charge is -2.01. The van der Waals surface area contributed by atoms with Gasteiger partial charge in [-0.1, -0.05) is 35.0 Å². The first-order valence-electron chi connectivity index (χ1n) is 6.19. The number of nitrogens with one attached hydrogen (secondary N) is 1. The van der Waals surface area contributed by atoms with Gasteiger partial charge in [-0.25, -0.2) is 0 Å². The van der Waals surface area contributed by atoms with E-state index in [1.54, 1.807) is 0 Å². The molecule has 0 spiro atoms. The second-order valence-electron chi connectivity index (χ2n) is 4.67. The van der Waals surface area contributed by atoms with Gasteiger partial charge in [-0.2, -0.15) is 4.98 Å². The lowest BCUT2D eigenvalue weighted by molar-refractivity contribution is 0.191. The highest BCUT2D eigenvalue weighted by Crippen LogP contribution is 2.23. The Balaban J connectivity index is 1.73. The summed E-state index contributed by atoms with van der Waals surface area (Å²) < 4.78 is 5.23. The van der Waals surface area contributed by atoms with E-state index in [9.17, 15) is 5.11 Å². The summed E-state index contributed by atoms with van der Waals surface area (Å²) in [6.45, 7) is 0.562. The third-order valence-electron chi connectivity index (χ3n) is 3.20. The van der Waals surface area contributed by atoms with Crippen molar-refractivity contribution in [3.63, 3.8) is 0 Å². The highest BCUT2D eigenvalue weighted by Gasteiger charge is 2.28. The van der Waals surface area contributed by atoms with Crippen molar-refractivity contribution < 1.29 is 9.63 Å². The molecule has 1 fully saturated rings. The molecule has 0 bridgehead atoms. The van der Waals surface area contributed by atoms with Crippen LogP contribution in [-0.4, -0.2) is 27.9 Å². The largest absolute Gasteiger partial charge is 0.392 e. The standard InChI is InChI=1S/C13H14ClN3O2/c14-10-4-2-1-3-8(10)5-12-16-13(19-17-12)11-6-9(18)7-15-11/h1-4,9,11,15,18H,5-7H2/t9-,11-/m1/s1. The van der Waals surface area contributed by atoms with Crippen molar-refractivity contribution in [1.29, 1.82) is 0 Å². The van der Waals surface area contributed by atoms with Crippen molar-refractivity contribution in [2.75, 3.05) is 6.54 Å². The average molecular weight is 280 g/mol. The topological polar surface area (TPSA) is 71.2 Å². The van der Waals surface area contributed by atoms with Crippen LogP contribution >= 0.6 is 11.6 Å². The van der Waals surface area contributed by atoms with Gasteiger partial charge in [0, 0.05) is 18.0 Å². The van der Waals surface area contributed by atoms with E-state index in [0.717, 1.165) is 5.56 Å². The monoisotopic (exact) mass is 279 g/mol. The number of nitrogens with zero attached hydrogens (tertiary/aromatic N) is 2. The Bertz CT molecular complexity index is 573. The highest BCUT2D eigenvalue weighted by molar-refractivity contribution is 6.31. The van der Waals surface area contributed by atoms with Crippen LogP contribution in [0, 0.1) is 0 Å². The molecule has 2 atom stereocenters. The zero-order valence-electron chi connectivity index (χ0n) is 10.2. The minimum atomic E-state index is -0.344. The van der Waals surface area contributed by atoms with E-state index in [0.29, 0.717) is 36.1 Å². The molecule has 2 N–H and O–H groups in total. The van der Waals surface area contributed by atoms with Crippen LogP contribution in [0.1, 0.15) is 29.7 Å². The van der Waals surface area contributed by atoms with E-state index in [2.05, 4.69) is 15.5 Å². The Kier molecular flexibility index (Phi) is 3.50. The maximum absolute atomic E-state index is 9.47. The van der Waals surface area contributed by atoms with Crippen LogP contribution in [0.25, 0.3) is 0 Å². The average Bonchev–Trinajstić information content (AvgIpc) is 3.01.